The Morgan fingerprint density at radius 2 is 1.81 bits per heavy atom. The molecular formula is C31H39N3O7S. The highest BCUT2D eigenvalue weighted by Gasteiger charge is 2.41. The Kier molecular flexibility index (Phi) is 8.15. The van der Waals surface area contributed by atoms with Gasteiger partial charge in [-0.1, -0.05) is 31.2 Å². The summed E-state index contributed by atoms with van der Waals surface area (Å²) in [4.78, 5) is 30.1. The second-order valence-electron chi connectivity index (χ2n) is 12.0. The summed E-state index contributed by atoms with van der Waals surface area (Å²) in [5.74, 6) is 0.149. The first kappa shape index (κ1) is 29.8. The molecule has 3 aliphatic rings. The van der Waals surface area contributed by atoms with Crippen LogP contribution < -0.4 is 9.47 Å². The number of amides is 2. The molecule has 5 rings (SSSR count). The number of likely N-dealkylation sites (tertiary alicyclic amines) is 1. The van der Waals surface area contributed by atoms with Gasteiger partial charge in [-0.3, -0.25) is 9.10 Å². The highest BCUT2D eigenvalue weighted by molar-refractivity contribution is 7.89. The molecule has 42 heavy (non-hydrogen) atoms. The summed E-state index contributed by atoms with van der Waals surface area (Å²) in [5, 5.41) is 0. The molecule has 0 bridgehead atoms. The van der Waals surface area contributed by atoms with Crippen LogP contribution in [0.1, 0.15) is 44.7 Å². The van der Waals surface area contributed by atoms with Gasteiger partial charge in [0.1, 0.15) is 18.8 Å². The smallest absolute Gasteiger partial charge is 0.410 e. The number of nitrogens with zero attached hydrogens (tertiary/aromatic N) is 3. The molecule has 2 unspecified atom stereocenters. The lowest BCUT2D eigenvalue weighted by atomic mass is 9.94. The maximum Gasteiger partial charge on any atom is 0.410 e. The molecule has 2 aromatic carbocycles. The van der Waals surface area contributed by atoms with E-state index in [2.05, 4.69) is 6.92 Å². The number of hydrogen-bond donors (Lipinski definition) is 0. The minimum absolute atomic E-state index is 0.102. The first-order chi connectivity index (χ1) is 19.9. The van der Waals surface area contributed by atoms with Crippen LogP contribution in [0, 0.1) is 5.92 Å². The zero-order valence-electron chi connectivity index (χ0n) is 24.8. The topological polar surface area (TPSA) is 106 Å². The largest absolute Gasteiger partial charge is 0.486 e. The number of carbonyl (C=O) groups is 2. The summed E-state index contributed by atoms with van der Waals surface area (Å²) < 4.78 is 44.9. The van der Waals surface area contributed by atoms with E-state index in [1.54, 1.807) is 45.0 Å². The minimum Gasteiger partial charge on any atom is -0.486 e. The zero-order valence-corrected chi connectivity index (χ0v) is 25.6. The number of rotatable bonds is 7. The van der Waals surface area contributed by atoms with Crippen LogP contribution >= 0.6 is 0 Å². The molecule has 10 nitrogen and oxygen atoms in total. The van der Waals surface area contributed by atoms with Crippen molar-refractivity contribution in [3.63, 3.8) is 0 Å². The normalized spacial score (nSPS) is 18.8. The van der Waals surface area contributed by atoms with E-state index in [-0.39, 0.29) is 29.8 Å². The molecule has 2 aromatic rings. The van der Waals surface area contributed by atoms with Crippen LogP contribution in [0.5, 0.6) is 11.5 Å². The Morgan fingerprint density at radius 1 is 1.07 bits per heavy atom. The number of aryl methyl sites for hydroxylation is 1. The summed E-state index contributed by atoms with van der Waals surface area (Å²) in [6, 6.07) is 12.5. The van der Waals surface area contributed by atoms with Gasteiger partial charge in [0.25, 0.3) is 10.0 Å². The van der Waals surface area contributed by atoms with E-state index in [9.17, 15) is 18.0 Å². The Morgan fingerprint density at radius 3 is 2.50 bits per heavy atom. The van der Waals surface area contributed by atoms with E-state index >= 15 is 0 Å². The van der Waals surface area contributed by atoms with Crippen molar-refractivity contribution in [1.82, 2.24) is 14.1 Å². The lowest BCUT2D eigenvalue weighted by Crippen LogP contribution is -2.42. The third-order valence-corrected chi connectivity index (χ3v) is 9.42. The van der Waals surface area contributed by atoms with E-state index in [1.807, 2.05) is 24.3 Å². The fourth-order valence-electron chi connectivity index (χ4n) is 5.49. The van der Waals surface area contributed by atoms with Crippen molar-refractivity contribution in [3.8, 4) is 11.5 Å². The Balaban J connectivity index is 1.33. The van der Waals surface area contributed by atoms with Crippen LogP contribution in [-0.2, 0) is 26.0 Å². The highest BCUT2D eigenvalue weighted by Crippen LogP contribution is 2.37. The summed E-state index contributed by atoms with van der Waals surface area (Å²) in [6.07, 6.45) is 1.99. The number of sulfonamides is 1. The number of carbonyl (C=O) groups excluding carboxylic acids is 2. The standard InChI is InChI=1S/C31H39N3O7S/c1-6-21-8-7-9-22(14-21)26(20-32(5)30(36)41-31(2,3)4)29(35)33-16-23-18-34(19-24(23)17-33)42(37,38)25-10-11-27-28(15-25)40-13-12-39-27/h7-11,14-15,18,24,26H,6,12-13,16-17,19-20H2,1-5H3. The number of likely N-dealkylation sites (N-methyl/N-ethyl adjacent to an activating group) is 1. The van der Waals surface area contributed by atoms with Gasteiger partial charge in [0.15, 0.2) is 11.5 Å². The SMILES string of the molecule is CCc1cccc(C(CN(C)C(=O)OC(C)(C)C)C(=O)N2CC3=CN(S(=O)(=O)c4ccc5c(c4)OCCO5)CC3C2)c1. The predicted octanol–water partition coefficient (Wildman–Crippen LogP) is 4.02. The molecule has 0 aromatic heterocycles. The monoisotopic (exact) mass is 597 g/mol. The quantitative estimate of drug-likeness (QED) is 0.475. The Hall–Kier alpha value is -3.73. The number of benzene rings is 2. The molecule has 1 saturated heterocycles. The zero-order chi connectivity index (χ0) is 30.2. The third kappa shape index (κ3) is 6.21. The highest BCUT2D eigenvalue weighted by atomic mass is 32.2. The van der Waals surface area contributed by atoms with Crippen molar-refractivity contribution >= 4 is 22.0 Å². The van der Waals surface area contributed by atoms with Gasteiger partial charge >= 0.3 is 6.09 Å². The van der Waals surface area contributed by atoms with Crippen LogP contribution in [-0.4, -0.2) is 86.6 Å². The van der Waals surface area contributed by atoms with Gasteiger partial charge in [-0.15, -0.1) is 0 Å². The second-order valence-corrected chi connectivity index (χ2v) is 13.9. The van der Waals surface area contributed by atoms with Gasteiger partial charge in [-0.05, 0) is 56.0 Å². The molecule has 0 saturated carbocycles. The molecule has 2 atom stereocenters. The van der Waals surface area contributed by atoms with E-state index in [4.69, 9.17) is 14.2 Å². The van der Waals surface area contributed by atoms with Crippen molar-refractivity contribution in [3.05, 3.63) is 65.4 Å². The number of fused-ring (bicyclic) bond motifs is 2. The van der Waals surface area contributed by atoms with E-state index in [0.29, 0.717) is 37.8 Å². The number of hydrogen-bond acceptors (Lipinski definition) is 7. The molecule has 0 N–H and O–H groups in total. The first-order valence-electron chi connectivity index (χ1n) is 14.3. The lowest BCUT2D eigenvalue weighted by molar-refractivity contribution is -0.132. The maximum atomic E-state index is 14.0. The van der Waals surface area contributed by atoms with Crippen molar-refractivity contribution in [1.29, 1.82) is 0 Å². The summed E-state index contributed by atoms with van der Waals surface area (Å²) >= 11 is 0. The molecular weight excluding hydrogens is 558 g/mol. The molecule has 3 aliphatic heterocycles. The minimum atomic E-state index is -3.80. The first-order valence-corrected chi connectivity index (χ1v) is 15.7. The van der Waals surface area contributed by atoms with Crippen molar-refractivity contribution in [2.75, 3.05) is 46.4 Å². The lowest BCUT2D eigenvalue weighted by Gasteiger charge is -2.30. The summed E-state index contributed by atoms with van der Waals surface area (Å²) in [7, 11) is -2.16. The van der Waals surface area contributed by atoms with Gasteiger partial charge < -0.3 is 24.0 Å². The fraction of sp³-hybridized carbons (Fsp3) is 0.484. The summed E-state index contributed by atoms with van der Waals surface area (Å²) in [5.41, 5.74) is 2.18. The fourth-order valence-corrected chi connectivity index (χ4v) is 6.91. The third-order valence-electron chi connectivity index (χ3n) is 7.70. The molecule has 0 aliphatic carbocycles. The maximum absolute atomic E-state index is 14.0. The van der Waals surface area contributed by atoms with Crippen LogP contribution in [0.25, 0.3) is 0 Å². The average molecular weight is 598 g/mol. The second kappa shape index (κ2) is 11.5. The molecule has 11 heteroatoms. The Labute approximate surface area is 247 Å². The van der Waals surface area contributed by atoms with E-state index in [1.165, 1.54) is 21.3 Å². The molecule has 0 spiro atoms. The van der Waals surface area contributed by atoms with Crippen LogP contribution in [0.15, 0.2) is 59.1 Å². The molecule has 3 heterocycles. The van der Waals surface area contributed by atoms with Gasteiger partial charge in [0, 0.05) is 51.4 Å². The van der Waals surface area contributed by atoms with Crippen LogP contribution in [0.2, 0.25) is 0 Å². The van der Waals surface area contributed by atoms with Crippen molar-refractivity contribution in [2.24, 2.45) is 5.92 Å². The number of ether oxygens (including phenoxy) is 3. The Bertz CT molecular complexity index is 1500. The molecule has 226 valence electrons. The van der Waals surface area contributed by atoms with Crippen molar-refractivity contribution < 1.29 is 32.2 Å². The van der Waals surface area contributed by atoms with Crippen LogP contribution in [0.4, 0.5) is 4.79 Å². The van der Waals surface area contributed by atoms with Gasteiger partial charge in [-0.2, -0.15) is 0 Å². The van der Waals surface area contributed by atoms with Gasteiger partial charge in [0.2, 0.25) is 5.91 Å². The molecule has 0 radical (unpaired) electrons. The molecule has 2 amide bonds. The van der Waals surface area contributed by atoms with Crippen LogP contribution in [0.3, 0.4) is 0 Å². The molecule has 1 fully saturated rings. The van der Waals surface area contributed by atoms with E-state index in [0.717, 1.165) is 23.1 Å². The average Bonchev–Trinajstić information content (AvgIpc) is 3.55. The summed E-state index contributed by atoms with van der Waals surface area (Å²) in [6.45, 7) is 9.41. The van der Waals surface area contributed by atoms with Gasteiger partial charge in [-0.25, -0.2) is 13.2 Å². The van der Waals surface area contributed by atoms with Gasteiger partial charge in [0.05, 0.1) is 10.8 Å². The van der Waals surface area contributed by atoms with E-state index < -0.39 is 27.6 Å². The predicted molar refractivity (Wildman–Crippen MR) is 157 cm³/mol. The van der Waals surface area contributed by atoms with Crippen molar-refractivity contribution in [2.45, 2.75) is 50.5 Å².